The van der Waals surface area contributed by atoms with Gasteiger partial charge in [-0.2, -0.15) is 0 Å². The molecule has 0 radical (unpaired) electrons. The number of benzene rings is 1. The van der Waals surface area contributed by atoms with Gasteiger partial charge in [0.15, 0.2) is 0 Å². The fraction of sp³-hybridized carbons (Fsp3) is 0.625. The Labute approximate surface area is 132 Å². The maximum atomic E-state index is 6.24. The van der Waals surface area contributed by atoms with Gasteiger partial charge in [0.2, 0.25) is 0 Å². The predicted octanol–water partition coefficient (Wildman–Crippen LogP) is 4.39. The zero-order valence-corrected chi connectivity index (χ0v) is 14.2. The van der Waals surface area contributed by atoms with Crippen LogP contribution in [-0.4, -0.2) is 17.1 Å². The van der Waals surface area contributed by atoms with Crippen molar-refractivity contribution in [1.82, 2.24) is 10.6 Å². The molecule has 0 aliphatic carbocycles. The average Bonchev–Trinajstić information content (AvgIpc) is 2.27. The van der Waals surface area contributed by atoms with Crippen molar-refractivity contribution >= 4 is 23.2 Å². The fourth-order valence-corrected chi connectivity index (χ4v) is 3.79. The summed E-state index contributed by atoms with van der Waals surface area (Å²) in [6.07, 6.45) is 2.21. The molecule has 20 heavy (non-hydrogen) atoms. The Hall–Kier alpha value is -0.280. The van der Waals surface area contributed by atoms with Crippen LogP contribution in [0.15, 0.2) is 18.2 Å². The van der Waals surface area contributed by atoms with Crippen molar-refractivity contribution < 1.29 is 0 Å². The maximum Gasteiger partial charge on any atom is 0.0637 e. The first-order valence-corrected chi connectivity index (χ1v) is 7.90. The minimum absolute atomic E-state index is 0.150. The molecule has 1 fully saturated rings. The quantitative estimate of drug-likeness (QED) is 0.864. The summed E-state index contributed by atoms with van der Waals surface area (Å²) >= 11 is 12.3. The molecule has 0 aromatic heterocycles. The maximum absolute atomic E-state index is 6.24. The van der Waals surface area contributed by atoms with Crippen LogP contribution in [0, 0.1) is 0 Å². The first-order valence-electron chi connectivity index (χ1n) is 7.14. The minimum atomic E-state index is 0.150. The third-order valence-corrected chi connectivity index (χ3v) is 4.66. The molecule has 0 atom stereocenters. The number of hydrogen-bond donors (Lipinski definition) is 2. The lowest BCUT2D eigenvalue weighted by atomic mass is 9.79. The van der Waals surface area contributed by atoms with E-state index in [2.05, 4.69) is 38.3 Å². The number of halogens is 2. The van der Waals surface area contributed by atoms with Gasteiger partial charge >= 0.3 is 0 Å². The molecule has 1 aliphatic heterocycles. The van der Waals surface area contributed by atoms with Gasteiger partial charge in [0, 0.05) is 23.7 Å². The standard InChI is InChI=1S/C16H24Cl2N2/c1-15(2)8-12(9-16(3,4)20-15)19-10-11-6-5-7-13(17)14(11)18/h5-7,12,19-20H,8-10H2,1-4H3. The highest BCUT2D eigenvalue weighted by Gasteiger charge is 2.37. The third kappa shape index (κ3) is 4.11. The van der Waals surface area contributed by atoms with Crippen LogP contribution in [0.4, 0.5) is 0 Å². The Morgan fingerprint density at radius 2 is 1.75 bits per heavy atom. The van der Waals surface area contributed by atoms with Crippen LogP contribution in [0.5, 0.6) is 0 Å². The molecule has 0 bridgehead atoms. The molecule has 1 aromatic carbocycles. The van der Waals surface area contributed by atoms with Gasteiger partial charge in [-0.1, -0.05) is 35.3 Å². The van der Waals surface area contributed by atoms with Crippen LogP contribution in [0.25, 0.3) is 0 Å². The number of nitrogens with one attached hydrogen (secondary N) is 2. The van der Waals surface area contributed by atoms with Crippen molar-refractivity contribution in [3.05, 3.63) is 33.8 Å². The molecule has 112 valence electrons. The molecule has 2 N–H and O–H groups in total. The van der Waals surface area contributed by atoms with E-state index in [-0.39, 0.29) is 11.1 Å². The van der Waals surface area contributed by atoms with Gasteiger partial charge in [-0.25, -0.2) is 0 Å². The molecule has 1 aliphatic rings. The average molecular weight is 315 g/mol. The van der Waals surface area contributed by atoms with E-state index >= 15 is 0 Å². The van der Waals surface area contributed by atoms with Crippen LogP contribution in [0.1, 0.15) is 46.1 Å². The Kier molecular flexibility index (Phi) is 4.70. The van der Waals surface area contributed by atoms with Crippen molar-refractivity contribution in [3.63, 3.8) is 0 Å². The van der Waals surface area contributed by atoms with Gasteiger partial charge in [-0.15, -0.1) is 0 Å². The first kappa shape index (κ1) is 16.1. The van der Waals surface area contributed by atoms with Crippen LogP contribution in [-0.2, 0) is 6.54 Å². The normalized spacial score (nSPS) is 21.9. The molecule has 0 spiro atoms. The molecular weight excluding hydrogens is 291 g/mol. The Balaban J connectivity index is 2.02. The summed E-state index contributed by atoms with van der Waals surface area (Å²) in [4.78, 5) is 0. The highest BCUT2D eigenvalue weighted by Crippen LogP contribution is 2.30. The van der Waals surface area contributed by atoms with Crippen LogP contribution in [0.3, 0.4) is 0 Å². The van der Waals surface area contributed by atoms with E-state index in [1.807, 2.05) is 18.2 Å². The predicted molar refractivity (Wildman–Crippen MR) is 87.6 cm³/mol. The summed E-state index contributed by atoms with van der Waals surface area (Å²) in [5, 5.41) is 8.61. The van der Waals surface area contributed by atoms with E-state index in [1.165, 1.54) is 0 Å². The van der Waals surface area contributed by atoms with Crippen molar-refractivity contribution in [2.45, 2.75) is 64.2 Å². The largest absolute Gasteiger partial charge is 0.310 e. The Morgan fingerprint density at radius 1 is 1.15 bits per heavy atom. The summed E-state index contributed by atoms with van der Waals surface area (Å²) in [6, 6.07) is 6.28. The van der Waals surface area contributed by atoms with Gasteiger partial charge < -0.3 is 10.6 Å². The number of hydrogen-bond acceptors (Lipinski definition) is 2. The van der Waals surface area contributed by atoms with Gasteiger partial charge in [-0.3, -0.25) is 0 Å². The lowest BCUT2D eigenvalue weighted by Crippen LogP contribution is -2.61. The van der Waals surface area contributed by atoms with Gasteiger partial charge in [-0.05, 0) is 52.2 Å². The molecule has 0 saturated carbocycles. The second-order valence-electron chi connectivity index (χ2n) is 7.09. The SMILES string of the molecule is CC1(C)CC(NCc2cccc(Cl)c2Cl)CC(C)(C)N1. The molecule has 2 rings (SSSR count). The van der Waals surface area contributed by atoms with Crippen molar-refractivity contribution in [3.8, 4) is 0 Å². The van der Waals surface area contributed by atoms with Crippen molar-refractivity contribution in [2.24, 2.45) is 0 Å². The van der Waals surface area contributed by atoms with E-state index in [9.17, 15) is 0 Å². The minimum Gasteiger partial charge on any atom is -0.310 e. The van der Waals surface area contributed by atoms with Gasteiger partial charge in [0.1, 0.15) is 0 Å². The van der Waals surface area contributed by atoms with E-state index < -0.39 is 0 Å². The Bertz CT molecular complexity index is 467. The topological polar surface area (TPSA) is 24.1 Å². The lowest BCUT2D eigenvalue weighted by molar-refractivity contribution is 0.145. The summed E-state index contributed by atoms with van der Waals surface area (Å²) in [5.41, 5.74) is 1.36. The van der Waals surface area contributed by atoms with Crippen LogP contribution >= 0.6 is 23.2 Å². The Morgan fingerprint density at radius 3 is 2.35 bits per heavy atom. The van der Waals surface area contributed by atoms with Gasteiger partial charge in [0.05, 0.1) is 10.0 Å². The zero-order chi connectivity index (χ0) is 15.0. The van der Waals surface area contributed by atoms with E-state index in [0.29, 0.717) is 16.1 Å². The number of piperidine rings is 1. The van der Waals surface area contributed by atoms with Crippen molar-refractivity contribution in [1.29, 1.82) is 0 Å². The van der Waals surface area contributed by atoms with E-state index in [0.717, 1.165) is 24.9 Å². The van der Waals surface area contributed by atoms with Crippen LogP contribution in [0.2, 0.25) is 10.0 Å². The molecule has 0 unspecified atom stereocenters. The second-order valence-corrected chi connectivity index (χ2v) is 7.88. The number of rotatable bonds is 3. The lowest BCUT2D eigenvalue weighted by Gasteiger charge is -2.46. The molecule has 4 heteroatoms. The fourth-order valence-electron chi connectivity index (χ4n) is 3.41. The highest BCUT2D eigenvalue weighted by atomic mass is 35.5. The van der Waals surface area contributed by atoms with Crippen LogP contribution < -0.4 is 10.6 Å². The molecule has 0 amide bonds. The first-order chi connectivity index (χ1) is 9.19. The highest BCUT2D eigenvalue weighted by molar-refractivity contribution is 6.42. The molecule has 1 aromatic rings. The third-order valence-electron chi connectivity index (χ3n) is 3.80. The van der Waals surface area contributed by atoms with E-state index in [1.54, 1.807) is 0 Å². The zero-order valence-electron chi connectivity index (χ0n) is 12.7. The summed E-state index contributed by atoms with van der Waals surface area (Å²) in [7, 11) is 0. The second kappa shape index (κ2) is 5.84. The van der Waals surface area contributed by atoms with Gasteiger partial charge in [0.25, 0.3) is 0 Å². The summed E-state index contributed by atoms with van der Waals surface area (Å²) < 4.78 is 0. The monoisotopic (exact) mass is 314 g/mol. The molecule has 1 saturated heterocycles. The van der Waals surface area contributed by atoms with E-state index in [4.69, 9.17) is 23.2 Å². The molecule has 1 heterocycles. The molecular formula is C16H24Cl2N2. The summed E-state index contributed by atoms with van der Waals surface area (Å²) in [5.74, 6) is 0. The smallest absolute Gasteiger partial charge is 0.0637 e. The summed E-state index contributed by atoms with van der Waals surface area (Å²) in [6.45, 7) is 9.80. The molecule has 2 nitrogen and oxygen atoms in total. The van der Waals surface area contributed by atoms with Crippen molar-refractivity contribution in [2.75, 3.05) is 0 Å².